The highest BCUT2D eigenvalue weighted by atomic mass is 35.5. The number of hydrogen-bond acceptors (Lipinski definition) is 2. The minimum Gasteiger partial charge on any atom is -1.00 e. The fourth-order valence-corrected chi connectivity index (χ4v) is 4.12. The Kier molecular flexibility index (Phi) is 23.7. The Bertz CT molecular complexity index is 282. The summed E-state index contributed by atoms with van der Waals surface area (Å²) in [6, 6.07) is 0. The molecule has 0 bridgehead atoms. The molecule has 4 heteroatoms. The summed E-state index contributed by atoms with van der Waals surface area (Å²) in [7, 11) is 2.28. The van der Waals surface area contributed by atoms with Gasteiger partial charge in [0.25, 0.3) is 0 Å². The standard InChI is InChI=1S/C24H52NO2.ClH/c1-4-6-8-10-12-14-16-18-20-25(3,22-24(27)23-26)21-19-17-15-13-11-9-7-5-2;/h24,26-27H,4-23H2,1-3H3;1H/q+1;/p-1. The lowest BCUT2D eigenvalue weighted by Gasteiger charge is -2.36. The fraction of sp³-hybridized carbons (Fsp3) is 1.00. The second-order valence-electron chi connectivity index (χ2n) is 9.04. The second-order valence-corrected chi connectivity index (χ2v) is 9.04. The van der Waals surface area contributed by atoms with Crippen LogP contribution >= 0.6 is 0 Å². The first-order valence-corrected chi connectivity index (χ1v) is 12.2. The number of halogens is 1. The Balaban J connectivity index is 0. The Morgan fingerprint density at radius 3 is 1.25 bits per heavy atom. The maximum absolute atomic E-state index is 9.97. The molecule has 172 valence electrons. The van der Waals surface area contributed by atoms with E-state index in [0.29, 0.717) is 6.54 Å². The molecule has 1 unspecified atom stereocenters. The smallest absolute Gasteiger partial charge is 0.126 e. The van der Waals surface area contributed by atoms with Gasteiger partial charge in [-0.2, -0.15) is 0 Å². The highest BCUT2D eigenvalue weighted by molar-refractivity contribution is 4.55. The van der Waals surface area contributed by atoms with Crippen LogP contribution in [-0.2, 0) is 0 Å². The van der Waals surface area contributed by atoms with Gasteiger partial charge < -0.3 is 27.1 Å². The number of aliphatic hydroxyl groups is 2. The summed E-state index contributed by atoms with van der Waals surface area (Å²) in [5, 5.41) is 19.2. The number of likely N-dealkylation sites (N-methyl/N-ethyl adjacent to an activating group) is 1. The zero-order valence-corrected chi connectivity index (χ0v) is 20.2. The van der Waals surface area contributed by atoms with E-state index in [2.05, 4.69) is 20.9 Å². The summed E-state index contributed by atoms with van der Waals surface area (Å²) in [4.78, 5) is 0. The predicted molar refractivity (Wildman–Crippen MR) is 119 cm³/mol. The van der Waals surface area contributed by atoms with Crippen molar-refractivity contribution < 1.29 is 27.1 Å². The van der Waals surface area contributed by atoms with Crippen LogP contribution in [-0.4, -0.2) is 54.1 Å². The van der Waals surface area contributed by atoms with Crippen molar-refractivity contribution in [2.75, 3.05) is 33.3 Å². The normalized spacial score (nSPS) is 12.8. The summed E-state index contributed by atoms with van der Waals surface area (Å²) in [5.74, 6) is 0. The molecule has 2 N–H and O–H groups in total. The highest BCUT2D eigenvalue weighted by Crippen LogP contribution is 2.15. The van der Waals surface area contributed by atoms with Gasteiger partial charge in [0, 0.05) is 0 Å². The molecule has 0 heterocycles. The predicted octanol–water partition coefficient (Wildman–Crippen LogP) is 3.07. The quantitative estimate of drug-likeness (QED) is 0.221. The molecule has 0 fully saturated rings. The zero-order valence-electron chi connectivity index (χ0n) is 19.4. The van der Waals surface area contributed by atoms with Crippen LogP contribution < -0.4 is 12.4 Å². The Labute approximate surface area is 183 Å². The fourth-order valence-electron chi connectivity index (χ4n) is 4.12. The third kappa shape index (κ3) is 19.5. The van der Waals surface area contributed by atoms with Gasteiger partial charge in [-0.25, -0.2) is 0 Å². The van der Waals surface area contributed by atoms with E-state index < -0.39 is 6.10 Å². The molecule has 1 atom stereocenters. The van der Waals surface area contributed by atoms with E-state index in [1.807, 2.05) is 0 Å². The van der Waals surface area contributed by atoms with Crippen LogP contribution in [0.25, 0.3) is 0 Å². The molecule has 0 aromatic heterocycles. The van der Waals surface area contributed by atoms with E-state index in [9.17, 15) is 10.2 Å². The molecule has 0 rings (SSSR count). The van der Waals surface area contributed by atoms with E-state index in [1.54, 1.807) is 0 Å². The number of nitrogens with zero attached hydrogens (tertiary/aromatic N) is 1. The third-order valence-electron chi connectivity index (χ3n) is 5.97. The van der Waals surface area contributed by atoms with Gasteiger partial charge in [0.05, 0.1) is 26.7 Å². The topological polar surface area (TPSA) is 40.5 Å². The zero-order chi connectivity index (χ0) is 20.2. The van der Waals surface area contributed by atoms with Crippen molar-refractivity contribution in [1.82, 2.24) is 0 Å². The van der Waals surface area contributed by atoms with Crippen molar-refractivity contribution >= 4 is 0 Å². The van der Waals surface area contributed by atoms with E-state index in [0.717, 1.165) is 17.6 Å². The second kappa shape index (κ2) is 21.9. The van der Waals surface area contributed by atoms with Gasteiger partial charge in [-0.15, -0.1) is 0 Å². The summed E-state index contributed by atoms with van der Waals surface area (Å²) in [6.45, 7) is 7.41. The molecule has 28 heavy (non-hydrogen) atoms. The molecule has 0 aromatic rings. The van der Waals surface area contributed by atoms with Gasteiger partial charge in [0.15, 0.2) is 0 Å². The van der Waals surface area contributed by atoms with Crippen LogP contribution in [0, 0.1) is 0 Å². The first-order valence-electron chi connectivity index (χ1n) is 12.2. The molecule has 0 radical (unpaired) electrons. The molecule has 0 saturated carbocycles. The van der Waals surface area contributed by atoms with Crippen LogP contribution in [0.15, 0.2) is 0 Å². The van der Waals surface area contributed by atoms with E-state index in [1.165, 1.54) is 103 Å². The molecule has 0 aliphatic rings. The van der Waals surface area contributed by atoms with Crippen molar-refractivity contribution in [3.05, 3.63) is 0 Å². The van der Waals surface area contributed by atoms with Crippen molar-refractivity contribution in [1.29, 1.82) is 0 Å². The summed E-state index contributed by atoms with van der Waals surface area (Å²) in [6.07, 6.45) is 21.0. The minimum absolute atomic E-state index is 0. The number of rotatable bonds is 21. The molecule has 0 amide bonds. The van der Waals surface area contributed by atoms with Gasteiger partial charge in [-0.3, -0.25) is 0 Å². The van der Waals surface area contributed by atoms with Gasteiger partial charge >= 0.3 is 0 Å². The molecule has 0 saturated heterocycles. The van der Waals surface area contributed by atoms with Gasteiger partial charge in [0.1, 0.15) is 12.6 Å². The SMILES string of the molecule is CCCCCCCCCC[N+](C)(CCCCCCCCCC)CC(O)CO.[Cl-]. The lowest BCUT2D eigenvalue weighted by atomic mass is 10.1. The monoisotopic (exact) mass is 421 g/mol. The first-order chi connectivity index (χ1) is 13.1. The summed E-state index contributed by atoms with van der Waals surface area (Å²) < 4.78 is 0.924. The van der Waals surface area contributed by atoms with E-state index >= 15 is 0 Å². The average molecular weight is 422 g/mol. The van der Waals surface area contributed by atoms with Gasteiger partial charge in [0.2, 0.25) is 0 Å². The third-order valence-corrected chi connectivity index (χ3v) is 5.97. The maximum Gasteiger partial charge on any atom is 0.126 e. The van der Waals surface area contributed by atoms with Gasteiger partial charge in [-0.05, 0) is 25.7 Å². The molecule has 0 aliphatic heterocycles. The van der Waals surface area contributed by atoms with E-state index in [4.69, 9.17) is 0 Å². The summed E-state index contributed by atoms with van der Waals surface area (Å²) >= 11 is 0. The van der Waals surface area contributed by atoms with Gasteiger partial charge in [-0.1, -0.05) is 90.9 Å². The highest BCUT2D eigenvalue weighted by Gasteiger charge is 2.24. The van der Waals surface area contributed by atoms with E-state index in [-0.39, 0.29) is 19.0 Å². The lowest BCUT2D eigenvalue weighted by Crippen LogP contribution is -3.00. The van der Waals surface area contributed by atoms with Crippen LogP contribution in [0.2, 0.25) is 0 Å². The molecular formula is C24H52ClNO2. The average Bonchev–Trinajstić information content (AvgIpc) is 2.66. The van der Waals surface area contributed by atoms with Crippen molar-refractivity contribution in [3.8, 4) is 0 Å². The number of hydrogen-bond donors (Lipinski definition) is 2. The van der Waals surface area contributed by atoms with Crippen LogP contribution in [0.3, 0.4) is 0 Å². The van der Waals surface area contributed by atoms with Crippen molar-refractivity contribution in [2.24, 2.45) is 0 Å². The van der Waals surface area contributed by atoms with Crippen molar-refractivity contribution in [2.45, 2.75) is 123 Å². The maximum atomic E-state index is 9.97. The molecule has 0 spiro atoms. The van der Waals surface area contributed by atoms with Crippen LogP contribution in [0.5, 0.6) is 0 Å². The molecule has 3 nitrogen and oxygen atoms in total. The minimum atomic E-state index is -0.571. The molecule has 0 aromatic carbocycles. The van der Waals surface area contributed by atoms with Crippen LogP contribution in [0.1, 0.15) is 117 Å². The Hall–Kier alpha value is 0.170. The lowest BCUT2D eigenvalue weighted by molar-refractivity contribution is -0.913. The first kappa shape index (κ1) is 30.4. The largest absolute Gasteiger partial charge is 1.00 e. The van der Waals surface area contributed by atoms with Crippen LogP contribution in [0.4, 0.5) is 0 Å². The Morgan fingerprint density at radius 1 is 0.607 bits per heavy atom. The number of aliphatic hydroxyl groups excluding tert-OH is 2. The molecular weight excluding hydrogens is 370 g/mol. The number of unbranched alkanes of at least 4 members (excludes halogenated alkanes) is 14. The van der Waals surface area contributed by atoms with Crippen molar-refractivity contribution in [3.63, 3.8) is 0 Å². The Morgan fingerprint density at radius 2 is 0.929 bits per heavy atom. The number of quaternary nitrogens is 1. The summed E-state index contributed by atoms with van der Waals surface area (Å²) in [5.41, 5.74) is 0. The molecule has 0 aliphatic carbocycles.